The van der Waals surface area contributed by atoms with Crippen LogP contribution in [-0.2, 0) is 6.54 Å². The largest absolute Gasteiger partial charge is 0.492 e. The Morgan fingerprint density at radius 2 is 2.33 bits per heavy atom. The molecule has 1 N–H and O–H groups in total. The minimum atomic E-state index is -0.975. The Kier molecular flexibility index (Phi) is 3.52. The van der Waals surface area contributed by atoms with E-state index in [2.05, 4.69) is 15.5 Å². The van der Waals surface area contributed by atoms with E-state index in [1.54, 1.807) is 23.7 Å². The molecule has 0 radical (unpaired) electrons. The lowest BCUT2D eigenvalue weighted by Gasteiger charge is -2.06. The van der Waals surface area contributed by atoms with Gasteiger partial charge < -0.3 is 9.84 Å². The number of ether oxygens (including phenoxy) is 1. The highest BCUT2D eigenvalue weighted by atomic mass is 16.5. The van der Waals surface area contributed by atoms with E-state index in [0.29, 0.717) is 24.7 Å². The van der Waals surface area contributed by atoms with E-state index in [-0.39, 0.29) is 5.56 Å². The molecule has 18 heavy (non-hydrogen) atoms. The van der Waals surface area contributed by atoms with Crippen LogP contribution in [0.25, 0.3) is 0 Å². The van der Waals surface area contributed by atoms with Gasteiger partial charge in [0.2, 0.25) is 0 Å². The maximum atomic E-state index is 10.8. The van der Waals surface area contributed by atoms with Gasteiger partial charge in [-0.25, -0.2) is 9.48 Å². The number of aryl methyl sites for hydroxylation is 1. The summed E-state index contributed by atoms with van der Waals surface area (Å²) in [4.78, 5) is 10.8. The second-order valence-electron chi connectivity index (χ2n) is 3.63. The van der Waals surface area contributed by atoms with E-state index in [1.165, 1.54) is 12.1 Å². The van der Waals surface area contributed by atoms with Crippen LogP contribution in [0.5, 0.6) is 5.75 Å². The van der Waals surface area contributed by atoms with E-state index >= 15 is 0 Å². The van der Waals surface area contributed by atoms with Crippen molar-refractivity contribution in [2.24, 2.45) is 0 Å². The molecule has 0 spiro atoms. The number of carboxylic acid groups (broad SMARTS) is 1. The third-order valence-electron chi connectivity index (χ3n) is 2.36. The number of hydrogen-bond donors (Lipinski definition) is 1. The topological polar surface area (TPSA) is 90.1 Å². The lowest BCUT2D eigenvalue weighted by atomic mass is 10.2. The summed E-state index contributed by atoms with van der Waals surface area (Å²) in [6.07, 6.45) is 0. The quantitative estimate of drug-likeness (QED) is 0.840. The number of benzene rings is 1. The fraction of sp³-hybridized carbons (Fsp3) is 0.273. The zero-order valence-electron chi connectivity index (χ0n) is 9.78. The van der Waals surface area contributed by atoms with Crippen molar-refractivity contribution in [2.75, 3.05) is 6.61 Å². The summed E-state index contributed by atoms with van der Waals surface area (Å²) in [6, 6.07) is 6.34. The number of rotatable bonds is 5. The standard InChI is InChI=1S/C11H12N4O3/c1-8-12-13-14-15(8)5-6-18-10-4-2-3-9(7-10)11(16)17/h2-4,7H,5-6H2,1H3,(H,16,17). The Morgan fingerprint density at radius 3 is 3.00 bits per heavy atom. The molecule has 2 rings (SSSR count). The molecule has 0 aliphatic carbocycles. The second-order valence-corrected chi connectivity index (χ2v) is 3.63. The summed E-state index contributed by atoms with van der Waals surface area (Å²) in [5, 5.41) is 19.9. The van der Waals surface area contributed by atoms with Crippen molar-refractivity contribution in [2.45, 2.75) is 13.5 Å². The van der Waals surface area contributed by atoms with Crippen LogP contribution in [0.3, 0.4) is 0 Å². The van der Waals surface area contributed by atoms with E-state index in [9.17, 15) is 4.79 Å². The lowest BCUT2D eigenvalue weighted by Crippen LogP contribution is -2.11. The first kappa shape index (κ1) is 12.0. The van der Waals surface area contributed by atoms with Crippen LogP contribution in [-0.4, -0.2) is 37.9 Å². The van der Waals surface area contributed by atoms with Crippen molar-refractivity contribution in [1.29, 1.82) is 0 Å². The summed E-state index contributed by atoms with van der Waals surface area (Å²) in [6.45, 7) is 2.68. The van der Waals surface area contributed by atoms with Gasteiger partial charge in [-0.3, -0.25) is 0 Å². The molecular weight excluding hydrogens is 236 g/mol. The Balaban J connectivity index is 1.92. The van der Waals surface area contributed by atoms with Gasteiger partial charge >= 0.3 is 5.97 Å². The van der Waals surface area contributed by atoms with Gasteiger partial charge in [0.05, 0.1) is 12.1 Å². The van der Waals surface area contributed by atoms with Crippen LogP contribution >= 0.6 is 0 Å². The molecule has 0 saturated heterocycles. The Labute approximate surface area is 103 Å². The van der Waals surface area contributed by atoms with Crippen molar-refractivity contribution in [1.82, 2.24) is 20.2 Å². The summed E-state index contributed by atoms with van der Waals surface area (Å²) in [7, 11) is 0. The number of tetrazole rings is 1. The van der Waals surface area contributed by atoms with Crippen molar-refractivity contribution < 1.29 is 14.6 Å². The number of carboxylic acids is 1. The van der Waals surface area contributed by atoms with E-state index in [4.69, 9.17) is 9.84 Å². The van der Waals surface area contributed by atoms with Crippen molar-refractivity contribution in [3.8, 4) is 5.75 Å². The summed E-state index contributed by atoms with van der Waals surface area (Å²) in [5.74, 6) is 0.246. The van der Waals surface area contributed by atoms with Crippen LogP contribution in [0, 0.1) is 6.92 Å². The molecule has 1 aromatic carbocycles. The highest BCUT2D eigenvalue weighted by Gasteiger charge is 2.04. The fourth-order valence-electron chi connectivity index (χ4n) is 1.42. The van der Waals surface area contributed by atoms with E-state index in [0.717, 1.165) is 0 Å². The molecule has 0 aliphatic rings. The average Bonchev–Trinajstić information content (AvgIpc) is 2.76. The third-order valence-corrected chi connectivity index (χ3v) is 2.36. The molecular formula is C11H12N4O3. The molecule has 0 saturated carbocycles. The van der Waals surface area contributed by atoms with Crippen LogP contribution in [0.15, 0.2) is 24.3 Å². The minimum Gasteiger partial charge on any atom is -0.492 e. The zero-order chi connectivity index (χ0) is 13.0. The molecule has 2 aromatic rings. The fourth-order valence-corrected chi connectivity index (χ4v) is 1.42. The van der Waals surface area contributed by atoms with Gasteiger partial charge in [0.15, 0.2) is 0 Å². The van der Waals surface area contributed by atoms with Crippen LogP contribution < -0.4 is 4.74 Å². The smallest absolute Gasteiger partial charge is 0.335 e. The van der Waals surface area contributed by atoms with Crippen molar-refractivity contribution in [3.63, 3.8) is 0 Å². The molecule has 1 aromatic heterocycles. The van der Waals surface area contributed by atoms with E-state index in [1.807, 2.05) is 0 Å². The Bertz CT molecular complexity index is 553. The van der Waals surface area contributed by atoms with Crippen molar-refractivity contribution in [3.05, 3.63) is 35.7 Å². The average molecular weight is 248 g/mol. The molecule has 0 aliphatic heterocycles. The van der Waals surface area contributed by atoms with Gasteiger partial charge in [-0.05, 0) is 35.5 Å². The number of hydrogen-bond acceptors (Lipinski definition) is 5. The Morgan fingerprint density at radius 1 is 1.50 bits per heavy atom. The first-order valence-electron chi connectivity index (χ1n) is 5.36. The SMILES string of the molecule is Cc1nnnn1CCOc1cccc(C(=O)O)c1. The molecule has 7 heteroatoms. The molecule has 0 amide bonds. The number of nitrogens with zero attached hydrogens (tertiary/aromatic N) is 4. The normalized spacial score (nSPS) is 10.3. The van der Waals surface area contributed by atoms with Crippen molar-refractivity contribution >= 4 is 5.97 Å². The van der Waals surface area contributed by atoms with Gasteiger partial charge in [0.1, 0.15) is 18.2 Å². The first-order valence-corrected chi connectivity index (χ1v) is 5.36. The number of carbonyl (C=O) groups is 1. The zero-order valence-corrected chi connectivity index (χ0v) is 9.78. The van der Waals surface area contributed by atoms with E-state index < -0.39 is 5.97 Å². The highest BCUT2D eigenvalue weighted by molar-refractivity contribution is 5.87. The summed E-state index contributed by atoms with van der Waals surface area (Å²) in [5.41, 5.74) is 0.200. The second kappa shape index (κ2) is 5.26. The summed E-state index contributed by atoms with van der Waals surface area (Å²) < 4.78 is 7.06. The van der Waals surface area contributed by atoms with Crippen LogP contribution in [0.1, 0.15) is 16.2 Å². The first-order chi connectivity index (χ1) is 8.66. The number of aromatic nitrogens is 4. The van der Waals surface area contributed by atoms with Gasteiger partial charge in [-0.2, -0.15) is 0 Å². The highest BCUT2D eigenvalue weighted by Crippen LogP contribution is 2.13. The molecule has 94 valence electrons. The monoisotopic (exact) mass is 248 g/mol. The number of aromatic carboxylic acids is 1. The molecule has 0 unspecified atom stereocenters. The molecule has 7 nitrogen and oxygen atoms in total. The molecule has 0 atom stereocenters. The third kappa shape index (κ3) is 2.82. The maximum absolute atomic E-state index is 10.8. The maximum Gasteiger partial charge on any atom is 0.335 e. The van der Waals surface area contributed by atoms with Gasteiger partial charge in [0, 0.05) is 0 Å². The van der Waals surface area contributed by atoms with Crippen LogP contribution in [0.4, 0.5) is 0 Å². The Hall–Kier alpha value is -2.44. The molecule has 0 bridgehead atoms. The minimum absolute atomic E-state index is 0.200. The molecule has 0 fully saturated rings. The summed E-state index contributed by atoms with van der Waals surface area (Å²) >= 11 is 0. The van der Waals surface area contributed by atoms with Crippen LogP contribution in [0.2, 0.25) is 0 Å². The lowest BCUT2D eigenvalue weighted by molar-refractivity contribution is 0.0696. The predicted molar refractivity (Wildman–Crippen MR) is 61.5 cm³/mol. The van der Waals surface area contributed by atoms with Gasteiger partial charge in [-0.1, -0.05) is 6.07 Å². The molecule has 1 heterocycles. The van der Waals surface area contributed by atoms with Gasteiger partial charge in [0.25, 0.3) is 0 Å². The predicted octanol–water partition coefficient (Wildman–Crippen LogP) is 0.759. The van der Waals surface area contributed by atoms with Gasteiger partial charge in [-0.15, -0.1) is 5.10 Å².